The number of hydrogen-bond donors (Lipinski definition) is 1. The third-order valence-corrected chi connectivity index (χ3v) is 5.79. The first-order valence-corrected chi connectivity index (χ1v) is 10.2. The van der Waals surface area contributed by atoms with Crippen molar-refractivity contribution in [1.29, 1.82) is 0 Å². The lowest BCUT2D eigenvalue weighted by atomic mass is 10.0. The van der Waals surface area contributed by atoms with Gasteiger partial charge in [0.2, 0.25) is 0 Å². The van der Waals surface area contributed by atoms with Crippen molar-refractivity contribution in [3.05, 3.63) is 29.7 Å². The molecule has 0 aromatic carbocycles. The maximum absolute atomic E-state index is 12.6. The van der Waals surface area contributed by atoms with E-state index in [1.165, 1.54) is 0 Å². The number of likely N-dealkylation sites (tertiary alicyclic amines) is 1. The number of amides is 3. The minimum absolute atomic E-state index is 0.00880. The van der Waals surface area contributed by atoms with E-state index >= 15 is 0 Å². The number of carbonyl (C=O) groups is 2. The largest absolute Gasteiger partial charge is 0.381 e. The molecule has 9 heteroatoms. The van der Waals surface area contributed by atoms with Gasteiger partial charge in [0, 0.05) is 59.1 Å². The highest BCUT2D eigenvalue weighted by molar-refractivity contribution is 5.94. The molecule has 0 aliphatic carbocycles. The first kappa shape index (κ1) is 19.6. The lowest BCUT2D eigenvalue weighted by molar-refractivity contribution is 0.0642. The predicted octanol–water partition coefficient (Wildman–Crippen LogP) is 1.36. The standard InChI is InChI=1S/C20H28N6O3/c1-24(2)20(28)25-8-5-15(12-25)18-23-22-17-4-3-16(13-26(17)18)19(27)21-11-14-6-9-29-10-7-14/h3-4,13-15H,5-12H2,1-2H3,(H,21,27)/t15-/m0/s1. The van der Waals surface area contributed by atoms with Gasteiger partial charge in [0.1, 0.15) is 5.82 Å². The Morgan fingerprint density at radius 2 is 2.00 bits per heavy atom. The average molecular weight is 400 g/mol. The van der Waals surface area contributed by atoms with Gasteiger partial charge in [-0.1, -0.05) is 0 Å². The summed E-state index contributed by atoms with van der Waals surface area (Å²) in [7, 11) is 3.51. The van der Waals surface area contributed by atoms with Gasteiger partial charge >= 0.3 is 6.03 Å². The molecule has 3 amide bonds. The van der Waals surface area contributed by atoms with Gasteiger partial charge in [-0.25, -0.2) is 4.79 Å². The minimum Gasteiger partial charge on any atom is -0.381 e. The van der Waals surface area contributed by atoms with Crippen LogP contribution in [0.25, 0.3) is 5.65 Å². The highest BCUT2D eigenvalue weighted by Crippen LogP contribution is 2.27. The van der Waals surface area contributed by atoms with Crippen molar-refractivity contribution < 1.29 is 14.3 Å². The highest BCUT2D eigenvalue weighted by Gasteiger charge is 2.31. The monoisotopic (exact) mass is 400 g/mol. The highest BCUT2D eigenvalue weighted by atomic mass is 16.5. The Bertz CT molecular complexity index is 889. The van der Waals surface area contributed by atoms with Crippen LogP contribution in [0.3, 0.4) is 0 Å². The fraction of sp³-hybridized carbons (Fsp3) is 0.600. The number of ether oxygens (including phenoxy) is 1. The first-order chi connectivity index (χ1) is 14.0. The molecule has 2 aliphatic rings. The van der Waals surface area contributed by atoms with E-state index in [1.807, 2.05) is 15.4 Å². The van der Waals surface area contributed by atoms with E-state index in [1.54, 1.807) is 31.3 Å². The Labute approximate surface area is 170 Å². The van der Waals surface area contributed by atoms with Gasteiger partial charge in [-0.3, -0.25) is 9.20 Å². The summed E-state index contributed by atoms with van der Waals surface area (Å²) in [4.78, 5) is 28.3. The van der Waals surface area contributed by atoms with Gasteiger partial charge in [-0.05, 0) is 37.3 Å². The predicted molar refractivity (Wildman–Crippen MR) is 107 cm³/mol. The van der Waals surface area contributed by atoms with Crippen molar-refractivity contribution in [2.24, 2.45) is 5.92 Å². The lowest BCUT2D eigenvalue weighted by Gasteiger charge is -2.22. The molecule has 0 spiro atoms. The van der Waals surface area contributed by atoms with Crippen molar-refractivity contribution in [3.8, 4) is 0 Å². The number of rotatable bonds is 4. The molecule has 0 radical (unpaired) electrons. The second kappa shape index (κ2) is 8.36. The van der Waals surface area contributed by atoms with E-state index in [0.29, 0.717) is 36.8 Å². The number of pyridine rings is 1. The lowest BCUT2D eigenvalue weighted by Crippen LogP contribution is -2.37. The quantitative estimate of drug-likeness (QED) is 0.837. The van der Waals surface area contributed by atoms with Gasteiger partial charge in [0.25, 0.3) is 5.91 Å². The Balaban J connectivity index is 1.46. The van der Waals surface area contributed by atoms with Crippen LogP contribution in [0.5, 0.6) is 0 Å². The number of urea groups is 1. The van der Waals surface area contributed by atoms with Gasteiger partial charge < -0.3 is 19.9 Å². The van der Waals surface area contributed by atoms with Crippen LogP contribution in [0.4, 0.5) is 4.79 Å². The molecule has 0 unspecified atom stereocenters. The third-order valence-electron chi connectivity index (χ3n) is 5.79. The zero-order valence-corrected chi connectivity index (χ0v) is 17.0. The molecule has 1 N–H and O–H groups in total. The van der Waals surface area contributed by atoms with Crippen LogP contribution >= 0.6 is 0 Å². The number of aromatic nitrogens is 3. The maximum atomic E-state index is 12.6. The second-order valence-electron chi connectivity index (χ2n) is 8.08. The Hall–Kier alpha value is -2.68. The molecular weight excluding hydrogens is 372 g/mol. The van der Waals surface area contributed by atoms with Crippen LogP contribution in [0.2, 0.25) is 0 Å². The second-order valence-corrected chi connectivity index (χ2v) is 8.08. The van der Waals surface area contributed by atoms with Crippen molar-refractivity contribution in [2.75, 3.05) is 46.9 Å². The normalized spacial score (nSPS) is 20.2. The molecule has 2 fully saturated rings. The Kier molecular flexibility index (Phi) is 5.66. The molecular formula is C20H28N6O3. The molecule has 9 nitrogen and oxygen atoms in total. The molecule has 156 valence electrons. The maximum Gasteiger partial charge on any atom is 0.319 e. The van der Waals surface area contributed by atoms with E-state index in [-0.39, 0.29) is 17.9 Å². The van der Waals surface area contributed by atoms with Crippen molar-refractivity contribution >= 4 is 17.6 Å². The molecule has 4 rings (SSSR count). The van der Waals surface area contributed by atoms with E-state index in [9.17, 15) is 9.59 Å². The van der Waals surface area contributed by atoms with Crippen LogP contribution in [0.1, 0.15) is 41.4 Å². The number of nitrogens with one attached hydrogen (secondary N) is 1. The van der Waals surface area contributed by atoms with E-state index in [4.69, 9.17) is 4.74 Å². The number of carbonyl (C=O) groups excluding carboxylic acids is 2. The van der Waals surface area contributed by atoms with Crippen LogP contribution in [-0.2, 0) is 4.74 Å². The SMILES string of the molecule is CN(C)C(=O)N1CC[C@H](c2nnc3ccc(C(=O)NCC4CCOCC4)cn23)C1. The number of nitrogens with zero attached hydrogens (tertiary/aromatic N) is 5. The summed E-state index contributed by atoms with van der Waals surface area (Å²) in [6, 6.07) is 3.61. The topological polar surface area (TPSA) is 92.1 Å². The molecule has 29 heavy (non-hydrogen) atoms. The summed E-state index contributed by atoms with van der Waals surface area (Å²) >= 11 is 0. The van der Waals surface area contributed by atoms with Crippen LogP contribution in [0, 0.1) is 5.92 Å². The molecule has 0 saturated carbocycles. The molecule has 0 bridgehead atoms. The smallest absolute Gasteiger partial charge is 0.319 e. The summed E-state index contributed by atoms with van der Waals surface area (Å²) in [5.74, 6) is 1.29. The van der Waals surface area contributed by atoms with Gasteiger partial charge in [-0.15, -0.1) is 10.2 Å². The summed E-state index contributed by atoms with van der Waals surface area (Å²) in [6.45, 7) is 3.51. The first-order valence-electron chi connectivity index (χ1n) is 10.2. The van der Waals surface area contributed by atoms with Gasteiger partial charge in [-0.2, -0.15) is 0 Å². The fourth-order valence-electron chi connectivity index (χ4n) is 4.04. The summed E-state index contributed by atoms with van der Waals surface area (Å²) in [6.07, 6.45) is 4.61. The number of fused-ring (bicyclic) bond motifs is 1. The summed E-state index contributed by atoms with van der Waals surface area (Å²) < 4.78 is 7.26. The van der Waals surface area contributed by atoms with Crippen LogP contribution < -0.4 is 5.32 Å². The summed E-state index contributed by atoms with van der Waals surface area (Å²) in [5, 5.41) is 11.6. The third kappa shape index (κ3) is 4.19. The van der Waals surface area contributed by atoms with Crippen LogP contribution in [-0.4, -0.2) is 83.3 Å². The van der Waals surface area contributed by atoms with Crippen molar-refractivity contribution in [2.45, 2.75) is 25.2 Å². The zero-order chi connectivity index (χ0) is 20.4. The van der Waals surface area contributed by atoms with E-state index < -0.39 is 0 Å². The molecule has 2 saturated heterocycles. The molecule has 2 aromatic heterocycles. The Morgan fingerprint density at radius 3 is 2.76 bits per heavy atom. The fourth-order valence-corrected chi connectivity index (χ4v) is 4.04. The molecule has 1 atom stereocenters. The van der Waals surface area contributed by atoms with Crippen molar-refractivity contribution in [1.82, 2.24) is 29.7 Å². The molecule has 2 aliphatic heterocycles. The van der Waals surface area contributed by atoms with Gasteiger partial charge in [0.15, 0.2) is 5.65 Å². The van der Waals surface area contributed by atoms with E-state index in [0.717, 1.165) is 38.3 Å². The summed E-state index contributed by atoms with van der Waals surface area (Å²) in [5.41, 5.74) is 1.29. The van der Waals surface area contributed by atoms with Crippen LogP contribution in [0.15, 0.2) is 18.3 Å². The minimum atomic E-state index is -0.0890. The number of hydrogen-bond acceptors (Lipinski definition) is 5. The van der Waals surface area contributed by atoms with Gasteiger partial charge in [0.05, 0.1) is 5.56 Å². The molecule has 2 aromatic rings. The average Bonchev–Trinajstić information content (AvgIpc) is 3.38. The zero-order valence-electron chi connectivity index (χ0n) is 17.0. The van der Waals surface area contributed by atoms with Crippen molar-refractivity contribution in [3.63, 3.8) is 0 Å². The molecule has 4 heterocycles. The Morgan fingerprint density at radius 1 is 1.21 bits per heavy atom. The van der Waals surface area contributed by atoms with E-state index in [2.05, 4.69) is 15.5 Å².